The molecule has 0 amide bonds. The number of rotatable bonds is 8. The van der Waals surface area contributed by atoms with E-state index in [0.29, 0.717) is 13.0 Å². The van der Waals surface area contributed by atoms with Crippen molar-refractivity contribution < 1.29 is 19.4 Å². The summed E-state index contributed by atoms with van der Waals surface area (Å²) in [7, 11) is 0. The van der Waals surface area contributed by atoms with Gasteiger partial charge in [-0.3, -0.25) is 9.59 Å². The molecule has 15 heavy (non-hydrogen) atoms. The average molecular weight is 214 g/mol. The molecule has 4 heteroatoms. The third kappa shape index (κ3) is 5.88. The summed E-state index contributed by atoms with van der Waals surface area (Å²) in [6.07, 6.45) is 4.02. The van der Waals surface area contributed by atoms with Gasteiger partial charge in [0.2, 0.25) is 0 Å². The lowest BCUT2D eigenvalue weighted by Crippen LogP contribution is -2.26. The standard InChI is InChI=1S/C11H18O4/c1-3-5-7-9(10(12)13)11(14)15-8-6-4-2/h3,9H,1,4-8H2,2H3,(H,12,13). The van der Waals surface area contributed by atoms with Gasteiger partial charge in [-0.05, 0) is 19.3 Å². The summed E-state index contributed by atoms with van der Waals surface area (Å²) in [5, 5.41) is 8.79. The van der Waals surface area contributed by atoms with E-state index in [-0.39, 0.29) is 6.42 Å². The molecular formula is C11H18O4. The molecule has 0 aliphatic carbocycles. The Morgan fingerprint density at radius 2 is 2.20 bits per heavy atom. The van der Waals surface area contributed by atoms with Gasteiger partial charge in [-0.1, -0.05) is 19.4 Å². The summed E-state index contributed by atoms with van der Waals surface area (Å²) in [4.78, 5) is 22.1. The van der Waals surface area contributed by atoms with Crippen molar-refractivity contribution in [2.75, 3.05) is 6.61 Å². The maximum Gasteiger partial charge on any atom is 0.320 e. The van der Waals surface area contributed by atoms with Crippen LogP contribution in [-0.4, -0.2) is 23.7 Å². The van der Waals surface area contributed by atoms with E-state index in [9.17, 15) is 9.59 Å². The molecule has 0 radical (unpaired) electrons. The second-order valence-corrected chi connectivity index (χ2v) is 3.28. The smallest absolute Gasteiger partial charge is 0.320 e. The zero-order chi connectivity index (χ0) is 11.7. The third-order valence-corrected chi connectivity index (χ3v) is 1.98. The molecule has 1 atom stereocenters. The van der Waals surface area contributed by atoms with Crippen LogP contribution in [-0.2, 0) is 14.3 Å². The number of esters is 1. The summed E-state index contributed by atoms with van der Waals surface area (Å²) >= 11 is 0. The molecule has 0 aromatic heterocycles. The Labute approximate surface area is 89.9 Å². The van der Waals surface area contributed by atoms with Gasteiger partial charge in [-0.15, -0.1) is 6.58 Å². The van der Waals surface area contributed by atoms with E-state index in [2.05, 4.69) is 6.58 Å². The molecule has 0 fully saturated rings. The van der Waals surface area contributed by atoms with Gasteiger partial charge in [0.1, 0.15) is 0 Å². The molecule has 0 aromatic rings. The zero-order valence-corrected chi connectivity index (χ0v) is 9.07. The molecule has 1 unspecified atom stereocenters. The van der Waals surface area contributed by atoms with Crippen LogP contribution in [0.2, 0.25) is 0 Å². The van der Waals surface area contributed by atoms with Gasteiger partial charge in [-0.2, -0.15) is 0 Å². The molecular weight excluding hydrogens is 196 g/mol. The molecule has 0 spiro atoms. The Morgan fingerprint density at radius 1 is 1.53 bits per heavy atom. The predicted octanol–water partition coefficient (Wildman–Crippen LogP) is 2.00. The highest BCUT2D eigenvalue weighted by Crippen LogP contribution is 2.10. The van der Waals surface area contributed by atoms with Gasteiger partial charge in [0.25, 0.3) is 0 Å². The summed E-state index contributed by atoms with van der Waals surface area (Å²) in [6.45, 7) is 5.75. The van der Waals surface area contributed by atoms with Crippen LogP contribution in [0.3, 0.4) is 0 Å². The quantitative estimate of drug-likeness (QED) is 0.290. The Hall–Kier alpha value is -1.32. The van der Waals surface area contributed by atoms with Crippen LogP contribution in [0.1, 0.15) is 32.6 Å². The summed E-state index contributed by atoms with van der Waals surface area (Å²) in [6, 6.07) is 0. The van der Waals surface area contributed by atoms with Gasteiger partial charge in [0.05, 0.1) is 6.61 Å². The minimum absolute atomic E-state index is 0.254. The van der Waals surface area contributed by atoms with Crippen molar-refractivity contribution in [3.05, 3.63) is 12.7 Å². The molecule has 0 saturated heterocycles. The number of carbonyl (C=O) groups excluding carboxylic acids is 1. The maximum absolute atomic E-state index is 11.3. The minimum atomic E-state index is -1.13. The van der Waals surface area contributed by atoms with Gasteiger partial charge in [0, 0.05) is 0 Å². The molecule has 0 bridgehead atoms. The number of hydrogen-bond donors (Lipinski definition) is 1. The first-order valence-electron chi connectivity index (χ1n) is 5.13. The number of allylic oxidation sites excluding steroid dienone is 1. The lowest BCUT2D eigenvalue weighted by Gasteiger charge is -2.10. The first-order valence-corrected chi connectivity index (χ1v) is 5.13. The van der Waals surface area contributed by atoms with Crippen molar-refractivity contribution in [3.63, 3.8) is 0 Å². The largest absolute Gasteiger partial charge is 0.481 e. The Balaban J connectivity index is 4.04. The highest BCUT2D eigenvalue weighted by molar-refractivity contribution is 5.93. The topological polar surface area (TPSA) is 63.6 Å². The number of hydrogen-bond acceptors (Lipinski definition) is 3. The Kier molecular flexibility index (Phi) is 7.32. The van der Waals surface area contributed by atoms with Gasteiger partial charge in [-0.25, -0.2) is 0 Å². The molecule has 0 aliphatic rings. The van der Waals surface area contributed by atoms with Crippen LogP contribution >= 0.6 is 0 Å². The number of ether oxygens (including phenoxy) is 1. The number of carboxylic acid groups (broad SMARTS) is 1. The first-order chi connectivity index (χ1) is 7.13. The first kappa shape index (κ1) is 13.7. The second-order valence-electron chi connectivity index (χ2n) is 3.28. The molecule has 0 rings (SSSR count). The molecule has 86 valence electrons. The monoisotopic (exact) mass is 214 g/mol. The fourth-order valence-electron chi connectivity index (χ4n) is 1.04. The molecule has 0 saturated carbocycles. The minimum Gasteiger partial charge on any atom is -0.481 e. The Morgan fingerprint density at radius 3 is 2.67 bits per heavy atom. The van der Waals surface area contributed by atoms with E-state index in [1.54, 1.807) is 6.08 Å². The maximum atomic E-state index is 11.3. The lowest BCUT2D eigenvalue weighted by atomic mass is 10.0. The van der Waals surface area contributed by atoms with E-state index < -0.39 is 17.9 Å². The fraction of sp³-hybridized carbons (Fsp3) is 0.636. The molecule has 0 aromatic carbocycles. The van der Waals surface area contributed by atoms with Crippen molar-refractivity contribution in [2.45, 2.75) is 32.6 Å². The molecule has 1 N–H and O–H groups in total. The van der Waals surface area contributed by atoms with Gasteiger partial charge < -0.3 is 9.84 Å². The highest BCUT2D eigenvalue weighted by Gasteiger charge is 2.26. The van der Waals surface area contributed by atoms with Crippen molar-refractivity contribution in [3.8, 4) is 0 Å². The average Bonchev–Trinajstić information content (AvgIpc) is 2.18. The molecule has 4 nitrogen and oxygen atoms in total. The van der Waals surface area contributed by atoms with Crippen LogP contribution in [0.25, 0.3) is 0 Å². The Bertz CT molecular complexity index is 223. The SMILES string of the molecule is C=CCCC(C(=O)O)C(=O)OCCCC. The normalized spacial score (nSPS) is 11.8. The summed E-state index contributed by atoms with van der Waals surface area (Å²) in [5.41, 5.74) is 0. The number of aliphatic carboxylic acids is 1. The van der Waals surface area contributed by atoms with Crippen LogP contribution in [0.4, 0.5) is 0 Å². The van der Waals surface area contributed by atoms with Crippen molar-refractivity contribution in [1.82, 2.24) is 0 Å². The van der Waals surface area contributed by atoms with Crippen molar-refractivity contribution in [1.29, 1.82) is 0 Å². The van der Waals surface area contributed by atoms with Gasteiger partial charge >= 0.3 is 11.9 Å². The van der Waals surface area contributed by atoms with Crippen LogP contribution in [0, 0.1) is 5.92 Å². The van der Waals surface area contributed by atoms with Crippen molar-refractivity contribution >= 4 is 11.9 Å². The van der Waals surface area contributed by atoms with E-state index in [1.807, 2.05) is 6.92 Å². The second kappa shape index (κ2) is 8.03. The summed E-state index contributed by atoms with van der Waals surface area (Å²) in [5.74, 6) is -2.82. The van der Waals surface area contributed by atoms with E-state index in [0.717, 1.165) is 12.8 Å². The van der Waals surface area contributed by atoms with E-state index in [4.69, 9.17) is 9.84 Å². The number of carboxylic acids is 1. The van der Waals surface area contributed by atoms with Crippen LogP contribution in [0.5, 0.6) is 0 Å². The zero-order valence-electron chi connectivity index (χ0n) is 9.07. The molecule has 0 aliphatic heterocycles. The van der Waals surface area contributed by atoms with E-state index >= 15 is 0 Å². The van der Waals surface area contributed by atoms with Crippen LogP contribution in [0.15, 0.2) is 12.7 Å². The third-order valence-electron chi connectivity index (χ3n) is 1.98. The molecule has 0 heterocycles. The highest BCUT2D eigenvalue weighted by atomic mass is 16.5. The lowest BCUT2D eigenvalue weighted by molar-refractivity contribution is -0.159. The number of unbranched alkanes of at least 4 members (excludes halogenated alkanes) is 1. The number of carbonyl (C=O) groups is 2. The fourth-order valence-corrected chi connectivity index (χ4v) is 1.04. The van der Waals surface area contributed by atoms with Crippen molar-refractivity contribution in [2.24, 2.45) is 5.92 Å². The van der Waals surface area contributed by atoms with E-state index in [1.165, 1.54) is 0 Å². The van der Waals surface area contributed by atoms with Crippen LogP contribution < -0.4 is 0 Å². The van der Waals surface area contributed by atoms with Gasteiger partial charge in [0.15, 0.2) is 5.92 Å². The predicted molar refractivity (Wildman–Crippen MR) is 56.4 cm³/mol. The summed E-state index contributed by atoms with van der Waals surface area (Å²) < 4.78 is 4.85.